The molecule has 0 aliphatic rings. The van der Waals surface area contributed by atoms with Crippen LogP contribution in [0.15, 0.2) is 0 Å². The Hall–Kier alpha value is -1.24. The molecule has 0 fully saturated rings. The molecule has 0 aromatic heterocycles. The SMILES string of the molecule is O=C(CC(S)C(=O)O)OC(=O)[C@H](O)[C@@H](O)[C@H](O)[C@H](O)CO. The molecular weight excluding hydrogens is 312 g/mol. The summed E-state index contributed by atoms with van der Waals surface area (Å²) < 4.78 is 4.06. The van der Waals surface area contributed by atoms with Gasteiger partial charge in [-0.15, -0.1) is 0 Å². The van der Waals surface area contributed by atoms with Crippen LogP contribution >= 0.6 is 12.6 Å². The normalized spacial score (nSPS) is 18.2. The maximum atomic E-state index is 11.3. The van der Waals surface area contributed by atoms with Crippen LogP contribution in [-0.4, -0.2) is 84.8 Å². The van der Waals surface area contributed by atoms with Gasteiger partial charge in [0.2, 0.25) is 0 Å². The van der Waals surface area contributed by atoms with E-state index >= 15 is 0 Å². The molecule has 0 amide bonds. The van der Waals surface area contributed by atoms with E-state index in [0.29, 0.717) is 0 Å². The van der Waals surface area contributed by atoms with E-state index in [9.17, 15) is 29.7 Å². The van der Waals surface area contributed by atoms with Crippen LogP contribution < -0.4 is 0 Å². The fraction of sp³-hybridized carbons (Fsp3) is 0.700. The summed E-state index contributed by atoms with van der Waals surface area (Å²) in [5.41, 5.74) is 0. The molecular formula is C10H16O10S. The first-order chi connectivity index (χ1) is 9.61. The van der Waals surface area contributed by atoms with Gasteiger partial charge in [-0.3, -0.25) is 9.59 Å². The molecule has 122 valence electrons. The third-order valence-electron chi connectivity index (χ3n) is 2.36. The standard InChI is InChI=1S/C10H16O10S/c11-2-3(12)6(14)7(15)8(16)10(19)20-5(13)1-4(21)9(17)18/h3-4,6-8,11-12,14-16,21H,1-2H2,(H,17,18)/t3-,4?,6-,7+,8-/m1/s1. The first-order valence-corrected chi connectivity index (χ1v) is 6.12. The van der Waals surface area contributed by atoms with E-state index in [1.807, 2.05) is 0 Å². The Morgan fingerprint density at radius 2 is 1.57 bits per heavy atom. The van der Waals surface area contributed by atoms with Crippen molar-refractivity contribution in [1.29, 1.82) is 0 Å². The molecule has 0 heterocycles. The summed E-state index contributed by atoms with van der Waals surface area (Å²) in [7, 11) is 0. The van der Waals surface area contributed by atoms with E-state index in [4.69, 9.17) is 15.3 Å². The number of carboxylic acid groups (broad SMARTS) is 1. The van der Waals surface area contributed by atoms with Crippen molar-refractivity contribution in [2.45, 2.75) is 36.1 Å². The van der Waals surface area contributed by atoms with Gasteiger partial charge in [0.25, 0.3) is 0 Å². The first kappa shape index (κ1) is 19.8. The molecule has 0 aliphatic carbocycles. The van der Waals surface area contributed by atoms with Crippen molar-refractivity contribution in [2.24, 2.45) is 0 Å². The van der Waals surface area contributed by atoms with E-state index in [1.54, 1.807) is 0 Å². The molecule has 0 aromatic carbocycles. The number of hydrogen-bond acceptors (Lipinski definition) is 10. The monoisotopic (exact) mass is 328 g/mol. The lowest BCUT2D eigenvalue weighted by atomic mass is 10.0. The van der Waals surface area contributed by atoms with Gasteiger partial charge in [0, 0.05) is 0 Å². The van der Waals surface area contributed by atoms with E-state index in [2.05, 4.69) is 17.4 Å². The molecule has 0 aliphatic heterocycles. The molecule has 21 heavy (non-hydrogen) atoms. The summed E-state index contributed by atoms with van der Waals surface area (Å²) >= 11 is 3.53. The minimum Gasteiger partial charge on any atom is -0.480 e. The average Bonchev–Trinajstić information content (AvgIpc) is 2.43. The van der Waals surface area contributed by atoms with Crippen molar-refractivity contribution in [1.82, 2.24) is 0 Å². The molecule has 6 N–H and O–H groups in total. The third kappa shape index (κ3) is 6.37. The summed E-state index contributed by atoms with van der Waals surface area (Å²) in [6, 6.07) is 0. The molecule has 0 aromatic rings. The summed E-state index contributed by atoms with van der Waals surface area (Å²) in [5, 5.41) is 52.5. The highest BCUT2D eigenvalue weighted by atomic mass is 32.1. The number of aliphatic hydroxyl groups is 5. The number of carboxylic acids is 1. The van der Waals surface area contributed by atoms with Crippen LogP contribution in [0.25, 0.3) is 0 Å². The zero-order valence-corrected chi connectivity index (χ0v) is 11.5. The lowest BCUT2D eigenvalue weighted by Crippen LogP contribution is -2.49. The van der Waals surface area contributed by atoms with Crippen molar-refractivity contribution < 1.29 is 49.8 Å². The number of aliphatic carboxylic acids is 1. The molecule has 0 saturated carbocycles. The minimum absolute atomic E-state index is 0.769. The Morgan fingerprint density at radius 3 is 2.00 bits per heavy atom. The Kier molecular flexibility index (Phi) is 8.39. The highest BCUT2D eigenvalue weighted by molar-refractivity contribution is 7.81. The number of carbonyl (C=O) groups is 3. The lowest BCUT2D eigenvalue weighted by Gasteiger charge is -2.24. The maximum absolute atomic E-state index is 11.3. The van der Waals surface area contributed by atoms with Crippen LogP contribution in [-0.2, 0) is 19.1 Å². The van der Waals surface area contributed by atoms with E-state index in [-0.39, 0.29) is 0 Å². The number of aliphatic hydroxyl groups excluding tert-OH is 5. The lowest BCUT2D eigenvalue weighted by molar-refractivity contribution is -0.177. The van der Waals surface area contributed by atoms with Crippen LogP contribution in [0.5, 0.6) is 0 Å². The second-order valence-corrected chi connectivity index (χ2v) is 4.65. The van der Waals surface area contributed by atoms with Crippen LogP contribution in [0, 0.1) is 0 Å². The van der Waals surface area contributed by atoms with Crippen LogP contribution in [0.2, 0.25) is 0 Å². The Balaban J connectivity index is 4.51. The van der Waals surface area contributed by atoms with Gasteiger partial charge in [0.1, 0.15) is 23.6 Å². The molecule has 1 unspecified atom stereocenters. The van der Waals surface area contributed by atoms with E-state index in [0.717, 1.165) is 0 Å². The number of carbonyl (C=O) groups excluding carboxylic acids is 2. The molecule has 10 nitrogen and oxygen atoms in total. The fourth-order valence-corrected chi connectivity index (χ4v) is 1.27. The van der Waals surface area contributed by atoms with Gasteiger partial charge < -0.3 is 35.4 Å². The predicted octanol–water partition coefficient (Wildman–Crippen LogP) is -3.73. The molecule has 0 bridgehead atoms. The molecule has 0 spiro atoms. The van der Waals surface area contributed by atoms with Gasteiger partial charge in [-0.25, -0.2) is 4.79 Å². The quantitative estimate of drug-likeness (QED) is 0.133. The van der Waals surface area contributed by atoms with Crippen LogP contribution in [0.4, 0.5) is 0 Å². The van der Waals surface area contributed by atoms with Crippen molar-refractivity contribution in [2.75, 3.05) is 6.61 Å². The minimum atomic E-state index is -2.38. The smallest absolute Gasteiger partial charge is 0.345 e. The second-order valence-electron chi connectivity index (χ2n) is 4.03. The number of rotatable bonds is 8. The van der Waals surface area contributed by atoms with Crippen molar-refractivity contribution in [3.8, 4) is 0 Å². The Morgan fingerprint density at radius 1 is 1.05 bits per heavy atom. The zero-order chi connectivity index (χ0) is 16.7. The summed E-state index contributed by atoms with van der Waals surface area (Å²) in [5.74, 6) is -4.39. The maximum Gasteiger partial charge on any atom is 0.345 e. The predicted molar refractivity (Wildman–Crippen MR) is 67.2 cm³/mol. The average molecular weight is 328 g/mol. The van der Waals surface area contributed by atoms with E-state index in [1.165, 1.54) is 0 Å². The highest BCUT2D eigenvalue weighted by Gasteiger charge is 2.36. The number of esters is 2. The van der Waals surface area contributed by atoms with Crippen LogP contribution in [0.3, 0.4) is 0 Å². The fourth-order valence-electron chi connectivity index (χ4n) is 1.12. The molecule has 0 saturated heterocycles. The number of ether oxygens (including phenoxy) is 1. The third-order valence-corrected chi connectivity index (χ3v) is 2.76. The molecule has 11 heteroatoms. The molecule has 5 atom stereocenters. The Labute approximate surface area is 124 Å². The summed E-state index contributed by atoms with van der Waals surface area (Å²) in [6.45, 7) is -0.946. The Bertz CT molecular complexity index is 386. The van der Waals surface area contributed by atoms with Gasteiger partial charge in [0.05, 0.1) is 13.0 Å². The van der Waals surface area contributed by atoms with Crippen molar-refractivity contribution in [3.63, 3.8) is 0 Å². The zero-order valence-electron chi connectivity index (χ0n) is 10.6. The first-order valence-electron chi connectivity index (χ1n) is 5.60. The van der Waals surface area contributed by atoms with Gasteiger partial charge >= 0.3 is 17.9 Å². The van der Waals surface area contributed by atoms with Gasteiger partial charge in [-0.2, -0.15) is 12.6 Å². The molecule has 0 radical (unpaired) electrons. The second kappa shape index (κ2) is 8.92. The largest absolute Gasteiger partial charge is 0.480 e. The van der Waals surface area contributed by atoms with Crippen molar-refractivity contribution >= 4 is 30.5 Å². The van der Waals surface area contributed by atoms with Gasteiger partial charge in [-0.1, -0.05) is 0 Å². The van der Waals surface area contributed by atoms with Gasteiger partial charge in [-0.05, 0) is 0 Å². The number of thiol groups is 1. The highest BCUT2D eigenvalue weighted by Crippen LogP contribution is 2.09. The van der Waals surface area contributed by atoms with Gasteiger partial charge in [0.15, 0.2) is 6.10 Å². The molecule has 0 rings (SSSR count). The van der Waals surface area contributed by atoms with E-state index < -0.39 is 60.6 Å². The summed E-state index contributed by atoms with van der Waals surface area (Å²) in [6.07, 6.45) is -9.27. The van der Waals surface area contributed by atoms with Crippen molar-refractivity contribution in [3.05, 3.63) is 0 Å². The summed E-state index contributed by atoms with van der Waals surface area (Å²) in [4.78, 5) is 32.9. The number of hydrogen-bond donors (Lipinski definition) is 7. The topological polar surface area (TPSA) is 182 Å². The van der Waals surface area contributed by atoms with Crippen LogP contribution in [0.1, 0.15) is 6.42 Å².